The van der Waals surface area contributed by atoms with Gasteiger partial charge in [-0.05, 0) is 60.4 Å². The molecule has 0 heterocycles. The van der Waals surface area contributed by atoms with Crippen molar-refractivity contribution in [2.45, 2.75) is 13.8 Å². The summed E-state index contributed by atoms with van der Waals surface area (Å²) >= 11 is 0. The Morgan fingerprint density at radius 2 is 1.71 bits per heavy atom. The fourth-order valence-corrected chi connectivity index (χ4v) is 1.95. The molecule has 2 heteroatoms. The number of rotatable bonds is 2. The van der Waals surface area contributed by atoms with Crippen LogP contribution in [0.4, 0.5) is 4.39 Å². The van der Waals surface area contributed by atoms with Gasteiger partial charge in [0.2, 0.25) is 0 Å². The van der Waals surface area contributed by atoms with E-state index in [2.05, 4.69) is 0 Å². The highest BCUT2D eigenvalue weighted by molar-refractivity contribution is 5.68. The summed E-state index contributed by atoms with van der Waals surface area (Å²) in [6.07, 6.45) is 0. The van der Waals surface area contributed by atoms with Crippen LogP contribution < -0.4 is 4.74 Å². The molecule has 0 aliphatic rings. The first kappa shape index (κ1) is 11.6. The highest BCUT2D eigenvalue weighted by Crippen LogP contribution is 2.28. The molecule has 1 nitrogen and oxygen atoms in total. The number of halogens is 1. The first-order chi connectivity index (χ1) is 8.11. The molecule has 0 N–H and O–H groups in total. The van der Waals surface area contributed by atoms with E-state index in [0.29, 0.717) is 0 Å². The fourth-order valence-electron chi connectivity index (χ4n) is 1.95. The van der Waals surface area contributed by atoms with Crippen molar-refractivity contribution in [1.29, 1.82) is 0 Å². The molecule has 2 aromatic rings. The molecular weight excluding hydrogens is 215 g/mol. The molecule has 0 aliphatic carbocycles. The molecule has 0 aliphatic heterocycles. The Morgan fingerprint density at radius 1 is 0.941 bits per heavy atom. The van der Waals surface area contributed by atoms with Crippen LogP contribution in [-0.2, 0) is 0 Å². The summed E-state index contributed by atoms with van der Waals surface area (Å²) in [6, 6.07) is 10.7. The van der Waals surface area contributed by atoms with Gasteiger partial charge in [0.15, 0.2) is 0 Å². The molecule has 0 saturated carbocycles. The zero-order valence-electron chi connectivity index (χ0n) is 10.3. The molecule has 17 heavy (non-hydrogen) atoms. The Bertz CT molecular complexity index is 547. The summed E-state index contributed by atoms with van der Waals surface area (Å²) < 4.78 is 18.5. The number of hydrogen-bond acceptors (Lipinski definition) is 1. The van der Waals surface area contributed by atoms with Crippen LogP contribution >= 0.6 is 0 Å². The molecule has 0 fully saturated rings. The molecule has 0 aromatic heterocycles. The summed E-state index contributed by atoms with van der Waals surface area (Å²) in [7, 11) is 1.65. The second-order valence-electron chi connectivity index (χ2n) is 4.14. The van der Waals surface area contributed by atoms with Crippen molar-refractivity contribution >= 4 is 0 Å². The minimum absolute atomic E-state index is 0.209. The van der Waals surface area contributed by atoms with E-state index in [9.17, 15) is 4.39 Å². The second kappa shape index (κ2) is 4.58. The molecule has 0 bridgehead atoms. The van der Waals surface area contributed by atoms with E-state index in [1.807, 2.05) is 32.0 Å². The summed E-state index contributed by atoms with van der Waals surface area (Å²) in [5, 5.41) is 0. The number of hydrogen-bond donors (Lipinski definition) is 0. The third-order valence-electron chi connectivity index (χ3n) is 2.91. The van der Waals surface area contributed by atoms with Gasteiger partial charge in [-0.1, -0.05) is 12.1 Å². The molecule has 0 radical (unpaired) electrons. The number of benzene rings is 2. The SMILES string of the molecule is COc1ccc(-c2cc(F)ccc2C)cc1C. The second-order valence-corrected chi connectivity index (χ2v) is 4.14. The molecule has 2 aromatic carbocycles. The van der Waals surface area contributed by atoms with Gasteiger partial charge in [-0.25, -0.2) is 4.39 Å². The highest BCUT2D eigenvalue weighted by Gasteiger charge is 2.06. The summed E-state index contributed by atoms with van der Waals surface area (Å²) in [5.41, 5.74) is 4.06. The average molecular weight is 230 g/mol. The van der Waals surface area contributed by atoms with Gasteiger partial charge in [0.05, 0.1) is 7.11 Å². The number of ether oxygens (including phenoxy) is 1. The predicted molar refractivity (Wildman–Crippen MR) is 67.9 cm³/mol. The van der Waals surface area contributed by atoms with Crippen LogP contribution in [-0.4, -0.2) is 7.11 Å². The van der Waals surface area contributed by atoms with Crippen LogP contribution in [0.2, 0.25) is 0 Å². The maximum atomic E-state index is 13.3. The maximum Gasteiger partial charge on any atom is 0.123 e. The van der Waals surface area contributed by atoms with Crippen LogP contribution in [0.3, 0.4) is 0 Å². The molecule has 0 saturated heterocycles. The van der Waals surface area contributed by atoms with Gasteiger partial charge < -0.3 is 4.74 Å². The predicted octanol–water partition coefficient (Wildman–Crippen LogP) is 4.12. The molecule has 0 amide bonds. The maximum absolute atomic E-state index is 13.3. The average Bonchev–Trinajstić information content (AvgIpc) is 2.32. The smallest absolute Gasteiger partial charge is 0.123 e. The van der Waals surface area contributed by atoms with Crippen molar-refractivity contribution in [3.8, 4) is 16.9 Å². The molecule has 0 atom stereocenters. The topological polar surface area (TPSA) is 9.23 Å². The summed E-state index contributed by atoms with van der Waals surface area (Å²) in [5.74, 6) is 0.641. The van der Waals surface area contributed by atoms with Gasteiger partial charge in [0, 0.05) is 0 Å². The van der Waals surface area contributed by atoms with Crippen LogP contribution in [0, 0.1) is 19.7 Å². The Balaban J connectivity index is 2.53. The Hall–Kier alpha value is -1.83. The zero-order chi connectivity index (χ0) is 12.4. The van der Waals surface area contributed by atoms with Crippen LogP contribution in [0.25, 0.3) is 11.1 Å². The zero-order valence-corrected chi connectivity index (χ0v) is 10.3. The summed E-state index contributed by atoms with van der Waals surface area (Å²) in [4.78, 5) is 0. The molecule has 2 rings (SSSR count). The lowest BCUT2D eigenvalue weighted by atomic mass is 9.99. The quantitative estimate of drug-likeness (QED) is 0.754. The van der Waals surface area contributed by atoms with Gasteiger partial charge in [-0.3, -0.25) is 0 Å². The van der Waals surface area contributed by atoms with Crippen molar-refractivity contribution < 1.29 is 9.13 Å². The molecule has 88 valence electrons. The van der Waals surface area contributed by atoms with Crippen molar-refractivity contribution in [2.24, 2.45) is 0 Å². The Labute approximate surface area is 101 Å². The normalized spacial score (nSPS) is 10.4. The third kappa shape index (κ3) is 2.31. The first-order valence-corrected chi connectivity index (χ1v) is 5.53. The fraction of sp³-hybridized carbons (Fsp3) is 0.200. The number of methoxy groups -OCH3 is 1. The highest BCUT2D eigenvalue weighted by atomic mass is 19.1. The van der Waals surface area contributed by atoms with E-state index in [-0.39, 0.29) is 5.82 Å². The first-order valence-electron chi connectivity index (χ1n) is 5.53. The lowest BCUT2D eigenvalue weighted by Gasteiger charge is -2.10. The van der Waals surface area contributed by atoms with Crippen molar-refractivity contribution in [1.82, 2.24) is 0 Å². The van der Waals surface area contributed by atoms with Gasteiger partial charge in [0.25, 0.3) is 0 Å². The van der Waals surface area contributed by atoms with E-state index >= 15 is 0 Å². The van der Waals surface area contributed by atoms with E-state index in [1.54, 1.807) is 19.2 Å². The monoisotopic (exact) mass is 230 g/mol. The van der Waals surface area contributed by atoms with E-state index in [1.165, 1.54) is 6.07 Å². The Kier molecular flexibility index (Phi) is 3.14. The van der Waals surface area contributed by atoms with Crippen molar-refractivity contribution in [2.75, 3.05) is 7.11 Å². The number of aryl methyl sites for hydroxylation is 2. The van der Waals surface area contributed by atoms with Gasteiger partial charge in [0.1, 0.15) is 11.6 Å². The van der Waals surface area contributed by atoms with Crippen molar-refractivity contribution in [3.63, 3.8) is 0 Å². The van der Waals surface area contributed by atoms with Crippen LogP contribution in [0.5, 0.6) is 5.75 Å². The van der Waals surface area contributed by atoms with Crippen LogP contribution in [0.15, 0.2) is 36.4 Å². The van der Waals surface area contributed by atoms with E-state index in [4.69, 9.17) is 4.74 Å². The third-order valence-corrected chi connectivity index (χ3v) is 2.91. The van der Waals surface area contributed by atoms with Gasteiger partial charge >= 0.3 is 0 Å². The minimum Gasteiger partial charge on any atom is -0.496 e. The van der Waals surface area contributed by atoms with Gasteiger partial charge in [-0.2, -0.15) is 0 Å². The molecule has 0 unspecified atom stereocenters. The van der Waals surface area contributed by atoms with Crippen molar-refractivity contribution in [3.05, 3.63) is 53.3 Å². The standard InChI is InChI=1S/C15H15FO/c1-10-4-6-13(16)9-14(10)12-5-7-15(17-3)11(2)8-12/h4-9H,1-3H3. The summed E-state index contributed by atoms with van der Waals surface area (Å²) in [6.45, 7) is 3.96. The molecular formula is C15H15FO. The van der Waals surface area contributed by atoms with E-state index in [0.717, 1.165) is 28.0 Å². The minimum atomic E-state index is -0.209. The lowest BCUT2D eigenvalue weighted by molar-refractivity contribution is 0.412. The van der Waals surface area contributed by atoms with Gasteiger partial charge in [-0.15, -0.1) is 0 Å². The lowest BCUT2D eigenvalue weighted by Crippen LogP contribution is -1.90. The van der Waals surface area contributed by atoms with Crippen LogP contribution in [0.1, 0.15) is 11.1 Å². The Morgan fingerprint density at radius 3 is 2.35 bits per heavy atom. The largest absolute Gasteiger partial charge is 0.496 e. The van der Waals surface area contributed by atoms with E-state index < -0.39 is 0 Å². The molecule has 0 spiro atoms.